The van der Waals surface area contributed by atoms with Gasteiger partial charge in [0.05, 0.1) is 12.7 Å². The average molecular weight is 172 g/mol. The van der Waals surface area contributed by atoms with Gasteiger partial charge in [-0.2, -0.15) is 0 Å². The Morgan fingerprint density at radius 1 is 1.33 bits per heavy atom. The fraction of sp³-hybridized carbons (Fsp3) is 0.125. The summed E-state index contributed by atoms with van der Waals surface area (Å²) in [5, 5.41) is 0. The molecule has 64 valence electrons. The van der Waals surface area contributed by atoms with Crippen LogP contribution in [0.3, 0.4) is 0 Å². The van der Waals surface area contributed by atoms with Gasteiger partial charge in [-0.05, 0) is 6.07 Å². The molecule has 0 atom stereocenters. The molecule has 0 spiro atoms. The van der Waals surface area contributed by atoms with E-state index in [9.17, 15) is 13.6 Å². The van der Waals surface area contributed by atoms with E-state index in [0.717, 1.165) is 12.1 Å². The Hall–Kier alpha value is -1.45. The van der Waals surface area contributed by atoms with Gasteiger partial charge in [-0.15, -0.1) is 0 Å². The number of hydrogen-bond acceptors (Lipinski definition) is 2. The van der Waals surface area contributed by atoms with Gasteiger partial charge in [0, 0.05) is 6.07 Å². The van der Waals surface area contributed by atoms with Gasteiger partial charge in [0.2, 0.25) is 0 Å². The molecule has 0 aliphatic carbocycles. The lowest BCUT2D eigenvalue weighted by atomic mass is 10.2. The molecule has 0 aromatic heterocycles. The molecular formula is C8H6F2O2. The molecule has 1 aromatic carbocycles. The molecule has 0 radical (unpaired) electrons. The Morgan fingerprint density at radius 2 is 1.92 bits per heavy atom. The summed E-state index contributed by atoms with van der Waals surface area (Å²) in [6.45, 7) is 0. The first-order valence-corrected chi connectivity index (χ1v) is 3.17. The summed E-state index contributed by atoms with van der Waals surface area (Å²) in [5.41, 5.74) is -0.00333. The fourth-order valence-corrected chi connectivity index (χ4v) is 0.813. The predicted molar refractivity (Wildman–Crippen MR) is 38.3 cm³/mol. The van der Waals surface area contributed by atoms with Crippen LogP contribution < -0.4 is 4.74 Å². The van der Waals surface area contributed by atoms with Crippen LogP contribution in [0.25, 0.3) is 0 Å². The second-order valence-corrected chi connectivity index (χ2v) is 2.13. The molecule has 0 saturated carbocycles. The molecule has 0 saturated heterocycles. The number of ether oxygens (including phenoxy) is 1. The molecule has 2 nitrogen and oxygen atoms in total. The van der Waals surface area contributed by atoms with E-state index in [4.69, 9.17) is 0 Å². The normalized spacial score (nSPS) is 9.58. The SMILES string of the molecule is COc1cc(F)c(F)cc1C=O. The van der Waals surface area contributed by atoms with E-state index in [-0.39, 0.29) is 11.3 Å². The molecule has 12 heavy (non-hydrogen) atoms. The highest BCUT2D eigenvalue weighted by molar-refractivity contribution is 5.79. The lowest BCUT2D eigenvalue weighted by Gasteiger charge is -2.02. The van der Waals surface area contributed by atoms with Crippen LogP contribution in [-0.2, 0) is 0 Å². The summed E-state index contributed by atoms with van der Waals surface area (Å²) in [4.78, 5) is 10.3. The topological polar surface area (TPSA) is 26.3 Å². The molecule has 0 unspecified atom stereocenters. The molecule has 0 bridgehead atoms. The Labute approximate surface area is 67.8 Å². The lowest BCUT2D eigenvalue weighted by Crippen LogP contribution is -1.94. The van der Waals surface area contributed by atoms with E-state index in [0.29, 0.717) is 6.29 Å². The number of aldehydes is 1. The van der Waals surface area contributed by atoms with Crippen LogP contribution in [0.4, 0.5) is 8.78 Å². The summed E-state index contributed by atoms with van der Waals surface area (Å²) >= 11 is 0. The van der Waals surface area contributed by atoms with E-state index < -0.39 is 11.6 Å². The standard InChI is InChI=1S/C8H6F2O2/c1-12-8-3-7(10)6(9)2-5(8)4-11/h2-4H,1H3. The van der Waals surface area contributed by atoms with Crippen molar-refractivity contribution in [3.63, 3.8) is 0 Å². The third-order valence-corrected chi connectivity index (χ3v) is 1.40. The van der Waals surface area contributed by atoms with Crippen LogP contribution in [0.2, 0.25) is 0 Å². The zero-order valence-corrected chi connectivity index (χ0v) is 6.30. The zero-order chi connectivity index (χ0) is 9.14. The molecule has 0 aliphatic heterocycles. The Balaban J connectivity index is 3.28. The van der Waals surface area contributed by atoms with Gasteiger partial charge in [0.15, 0.2) is 17.9 Å². The predicted octanol–water partition coefficient (Wildman–Crippen LogP) is 1.79. The van der Waals surface area contributed by atoms with Crippen molar-refractivity contribution >= 4 is 6.29 Å². The van der Waals surface area contributed by atoms with Crippen molar-refractivity contribution in [2.75, 3.05) is 7.11 Å². The molecule has 1 rings (SSSR count). The van der Waals surface area contributed by atoms with E-state index in [1.54, 1.807) is 0 Å². The summed E-state index contributed by atoms with van der Waals surface area (Å²) in [6.07, 6.45) is 0.404. The minimum absolute atomic E-state index is 0.00333. The van der Waals surface area contributed by atoms with Crippen molar-refractivity contribution in [2.45, 2.75) is 0 Å². The van der Waals surface area contributed by atoms with Gasteiger partial charge in [-0.1, -0.05) is 0 Å². The summed E-state index contributed by atoms with van der Waals surface area (Å²) in [5.74, 6) is -2.06. The Kier molecular flexibility index (Phi) is 2.38. The molecule has 0 amide bonds. The van der Waals surface area contributed by atoms with Gasteiger partial charge >= 0.3 is 0 Å². The smallest absolute Gasteiger partial charge is 0.162 e. The van der Waals surface area contributed by atoms with E-state index in [1.165, 1.54) is 7.11 Å². The van der Waals surface area contributed by atoms with Crippen LogP contribution in [0.1, 0.15) is 10.4 Å². The third kappa shape index (κ3) is 1.42. The highest BCUT2D eigenvalue weighted by Crippen LogP contribution is 2.19. The van der Waals surface area contributed by atoms with Crippen molar-refractivity contribution in [1.82, 2.24) is 0 Å². The van der Waals surface area contributed by atoms with Gasteiger partial charge in [0.1, 0.15) is 5.75 Å². The molecule has 4 heteroatoms. The molecule has 0 heterocycles. The number of halogens is 2. The summed E-state index contributed by atoms with van der Waals surface area (Å²) in [7, 11) is 1.28. The molecule has 0 fully saturated rings. The highest BCUT2D eigenvalue weighted by atomic mass is 19.2. The lowest BCUT2D eigenvalue weighted by molar-refractivity contribution is 0.112. The van der Waals surface area contributed by atoms with Crippen LogP contribution in [0.5, 0.6) is 5.75 Å². The van der Waals surface area contributed by atoms with E-state index >= 15 is 0 Å². The van der Waals surface area contributed by atoms with Crippen molar-refractivity contribution < 1.29 is 18.3 Å². The van der Waals surface area contributed by atoms with E-state index in [1.807, 2.05) is 0 Å². The van der Waals surface area contributed by atoms with Gasteiger partial charge in [-0.25, -0.2) is 8.78 Å². The summed E-state index contributed by atoms with van der Waals surface area (Å²) in [6, 6.07) is 1.63. The minimum atomic E-state index is -1.06. The Bertz CT molecular complexity index is 310. The van der Waals surface area contributed by atoms with Crippen LogP contribution in [0, 0.1) is 11.6 Å². The van der Waals surface area contributed by atoms with Crippen molar-refractivity contribution in [1.29, 1.82) is 0 Å². The number of rotatable bonds is 2. The van der Waals surface area contributed by atoms with Crippen LogP contribution >= 0.6 is 0 Å². The third-order valence-electron chi connectivity index (χ3n) is 1.40. The monoisotopic (exact) mass is 172 g/mol. The maximum atomic E-state index is 12.5. The largest absolute Gasteiger partial charge is 0.496 e. The second-order valence-electron chi connectivity index (χ2n) is 2.13. The quantitative estimate of drug-likeness (QED) is 0.635. The first-order valence-electron chi connectivity index (χ1n) is 3.17. The number of benzene rings is 1. The van der Waals surface area contributed by atoms with Crippen LogP contribution in [-0.4, -0.2) is 13.4 Å². The van der Waals surface area contributed by atoms with Gasteiger partial charge < -0.3 is 4.74 Å². The van der Waals surface area contributed by atoms with Crippen molar-refractivity contribution in [2.24, 2.45) is 0 Å². The van der Waals surface area contributed by atoms with Crippen molar-refractivity contribution in [3.05, 3.63) is 29.3 Å². The Morgan fingerprint density at radius 3 is 2.42 bits per heavy atom. The molecule has 1 aromatic rings. The average Bonchev–Trinajstić information content (AvgIpc) is 2.09. The number of methoxy groups -OCH3 is 1. The minimum Gasteiger partial charge on any atom is -0.496 e. The zero-order valence-electron chi connectivity index (χ0n) is 6.30. The number of carbonyl (C=O) groups is 1. The maximum absolute atomic E-state index is 12.5. The first kappa shape index (κ1) is 8.64. The highest BCUT2D eigenvalue weighted by Gasteiger charge is 2.08. The molecule has 0 N–H and O–H groups in total. The maximum Gasteiger partial charge on any atom is 0.162 e. The molecular weight excluding hydrogens is 166 g/mol. The van der Waals surface area contributed by atoms with Crippen LogP contribution in [0.15, 0.2) is 12.1 Å². The number of hydrogen-bond donors (Lipinski definition) is 0. The fourth-order valence-electron chi connectivity index (χ4n) is 0.813. The van der Waals surface area contributed by atoms with Gasteiger partial charge in [0.25, 0.3) is 0 Å². The molecule has 0 aliphatic rings. The van der Waals surface area contributed by atoms with Crippen molar-refractivity contribution in [3.8, 4) is 5.75 Å². The first-order chi connectivity index (χ1) is 5.69. The van der Waals surface area contributed by atoms with E-state index in [2.05, 4.69) is 4.74 Å². The van der Waals surface area contributed by atoms with Gasteiger partial charge in [-0.3, -0.25) is 4.79 Å². The summed E-state index contributed by atoms with van der Waals surface area (Å²) < 4.78 is 29.6. The second kappa shape index (κ2) is 3.30. The number of carbonyl (C=O) groups excluding carboxylic acids is 1.